The van der Waals surface area contributed by atoms with Gasteiger partial charge < -0.3 is 15.6 Å². The molecule has 3 aromatic heterocycles. The minimum absolute atomic E-state index is 0.161. The van der Waals surface area contributed by atoms with E-state index in [4.69, 9.17) is 22.3 Å². The van der Waals surface area contributed by atoms with Gasteiger partial charge >= 0.3 is 0 Å². The molecular formula is C25H22ClN7O. The molecule has 0 radical (unpaired) electrons. The number of fused-ring (bicyclic) bond motifs is 2. The standard InChI is InChI=1S/C25H22ClN7O/c1-14-10-11-19(32(14)22-16-12-13-28-21(16)30-25(27)31-22)23-29-18-9-5-8-17(26)20(18)24(34)33(23)15-6-3-2-4-7-15/h2-9,12-14,19H,10-11H2,1H3,(H3,27,28,30,31)/t14-,19-/m0/s1. The number of nitrogens with one attached hydrogen (secondary N) is 1. The molecule has 34 heavy (non-hydrogen) atoms. The Morgan fingerprint density at radius 2 is 1.85 bits per heavy atom. The quantitative estimate of drug-likeness (QED) is 0.397. The van der Waals surface area contributed by atoms with Crippen molar-refractivity contribution >= 4 is 45.3 Å². The van der Waals surface area contributed by atoms with Crippen molar-refractivity contribution in [1.82, 2.24) is 24.5 Å². The van der Waals surface area contributed by atoms with Crippen LogP contribution in [0.3, 0.4) is 0 Å². The maximum atomic E-state index is 13.8. The highest BCUT2D eigenvalue weighted by Gasteiger charge is 2.37. The largest absolute Gasteiger partial charge is 0.368 e. The van der Waals surface area contributed by atoms with Crippen molar-refractivity contribution in [2.75, 3.05) is 10.6 Å². The van der Waals surface area contributed by atoms with Crippen LogP contribution in [0.25, 0.3) is 27.6 Å². The number of para-hydroxylation sites is 1. The van der Waals surface area contributed by atoms with Gasteiger partial charge in [-0.3, -0.25) is 9.36 Å². The highest BCUT2D eigenvalue weighted by molar-refractivity contribution is 6.35. The van der Waals surface area contributed by atoms with Crippen LogP contribution in [0, 0.1) is 0 Å². The average molecular weight is 472 g/mol. The first kappa shape index (κ1) is 20.7. The SMILES string of the molecule is C[C@H]1CC[C@@H](c2nc3cccc(Cl)c3c(=O)n2-c2ccccc2)N1c1nc(N)nc2[nH]ccc12. The molecule has 0 aliphatic carbocycles. The van der Waals surface area contributed by atoms with Crippen LogP contribution in [0.15, 0.2) is 65.6 Å². The van der Waals surface area contributed by atoms with E-state index < -0.39 is 0 Å². The first-order valence-corrected chi connectivity index (χ1v) is 11.6. The third-order valence-electron chi connectivity index (χ3n) is 6.51. The molecule has 1 aliphatic heterocycles. The van der Waals surface area contributed by atoms with E-state index in [1.807, 2.05) is 54.7 Å². The van der Waals surface area contributed by atoms with Crippen molar-refractivity contribution in [3.05, 3.63) is 82.0 Å². The number of nitrogen functional groups attached to an aromatic ring is 1. The number of aromatic amines is 1. The van der Waals surface area contributed by atoms with Crippen LogP contribution in [0.5, 0.6) is 0 Å². The molecule has 1 aliphatic rings. The second-order valence-electron chi connectivity index (χ2n) is 8.57. The van der Waals surface area contributed by atoms with Gasteiger partial charge in [0.25, 0.3) is 5.56 Å². The van der Waals surface area contributed by atoms with Gasteiger partial charge in [-0.05, 0) is 50.1 Å². The number of nitrogens with two attached hydrogens (primary N) is 1. The van der Waals surface area contributed by atoms with Crippen LogP contribution < -0.4 is 16.2 Å². The molecule has 6 rings (SSSR count). The summed E-state index contributed by atoms with van der Waals surface area (Å²) in [6, 6.07) is 16.8. The van der Waals surface area contributed by atoms with E-state index in [0.717, 1.165) is 29.7 Å². The van der Waals surface area contributed by atoms with Gasteiger partial charge in [0.05, 0.1) is 33.0 Å². The topological polar surface area (TPSA) is 106 Å². The lowest BCUT2D eigenvalue weighted by molar-refractivity contribution is 0.618. The van der Waals surface area contributed by atoms with Gasteiger partial charge in [0, 0.05) is 12.2 Å². The molecule has 2 aromatic carbocycles. The molecule has 0 unspecified atom stereocenters. The summed E-state index contributed by atoms with van der Waals surface area (Å²) in [5, 5.41) is 1.68. The van der Waals surface area contributed by atoms with E-state index in [0.29, 0.717) is 27.4 Å². The molecule has 0 spiro atoms. The Balaban J connectivity index is 1.64. The zero-order valence-electron chi connectivity index (χ0n) is 18.4. The van der Waals surface area contributed by atoms with Crippen molar-refractivity contribution < 1.29 is 0 Å². The van der Waals surface area contributed by atoms with Gasteiger partial charge in [0.15, 0.2) is 0 Å². The van der Waals surface area contributed by atoms with Gasteiger partial charge in [0.2, 0.25) is 5.95 Å². The summed E-state index contributed by atoms with van der Waals surface area (Å²) in [5.41, 5.74) is 7.87. The Morgan fingerprint density at radius 3 is 2.68 bits per heavy atom. The van der Waals surface area contributed by atoms with Crippen molar-refractivity contribution in [3.8, 4) is 5.69 Å². The third-order valence-corrected chi connectivity index (χ3v) is 6.83. The summed E-state index contributed by atoms with van der Waals surface area (Å²) in [6.45, 7) is 2.15. The highest BCUT2D eigenvalue weighted by Crippen LogP contribution is 2.41. The Bertz CT molecular complexity index is 1590. The number of rotatable bonds is 3. The fraction of sp³-hybridized carbons (Fsp3) is 0.200. The summed E-state index contributed by atoms with van der Waals surface area (Å²) in [6.07, 6.45) is 3.55. The number of hydrogen-bond donors (Lipinski definition) is 2. The van der Waals surface area contributed by atoms with Gasteiger partial charge in [-0.15, -0.1) is 0 Å². The minimum Gasteiger partial charge on any atom is -0.368 e. The number of nitrogens with zero attached hydrogens (tertiary/aromatic N) is 5. The number of hydrogen-bond acceptors (Lipinski definition) is 6. The number of aromatic nitrogens is 5. The van der Waals surface area contributed by atoms with Gasteiger partial charge in [0.1, 0.15) is 17.3 Å². The van der Waals surface area contributed by atoms with E-state index in [-0.39, 0.29) is 23.6 Å². The van der Waals surface area contributed by atoms with Crippen LogP contribution in [-0.4, -0.2) is 30.5 Å². The van der Waals surface area contributed by atoms with Crippen molar-refractivity contribution in [1.29, 1.82) is 0 Å². The second-order valence-corrected chi connectivity index (χ2v) is 8.98. The minimum atomic E-state index is -0.196. The Kier molecular flexibility index (Phi) is 4.77. The monoisotopic (exact) mass is 471 g/mol. The molecule has 0 amide bonds. The van der Waals surface area contributed by atoms with E-state index in [9.17, 15) is 4.79 Å². The molecule has 1 saturated heterocycles. The molecule has 170 valence electrons. The van der Waals surface area contributed by atoms with Crippen LogP contribution >= 0.6 is 11.6 Å². The normalized spacial score (nSPS) is 18.2. The van der Waals surface area contributed by atoms with Crippen molar-refractivity contribution in [2.24, 2.45) is 0 Å². The predicted molar refractivity (Wildman–Crippen MR) is 135 cm³/mol. The number of anilines is 2. The van der Waals surface area contributed by atoms with Crippen molar-refractivity contribution in [3.63, 3.8) is 0 Å². The molecule has 9 heteroatoms. The molecule has 4 heterocycles. The highest BCUT2D eigenvalue weighted by atomic mass is 35.5. The number of H-pyrrole nitrogens is 1. The van der Waals surface area contributed by atoms with Crippen LogP contribution in [-0.2, 0) is 0 Å². The van der Waals surface area contributed by atoms with Gasteiger partial charge in [-0.1, -0.05) is 35.9 Å². The molecule has 8 nitrogen and oxygen atoms in total. The first-order chi connectivity index (χ1) is 16.5. The number of benzene rings is 2. The maximum Gasteiger partial charge on any atom is 0.267 e. The third kappa shape index (κ3) is 3.13. The zero-order valence-corrected chi connectivity index (χ0v) is 19.2. The predicted octanol–water partition coefficient (Wildman–Crippen LogP) is 4.62. The van der Waals surface area contributed by atoms with E-state index in [1.54, 1.807) is 10.6 Å². The molecule has 0 bridgehead atoms. The van der Waals surface area contributed by atoms with Crippen molar-refractivity contribution in [2.45, 2.75) is 31.8 Å². The fourth-order valence-corrected chi connectivity index (χ4v) is 5.24. The maximum absolute atomic E-state index is 13.8. The summed E-state index contributed by atoms with van der Waals surface area (Å²) >= 11 is 6.45. The summed E-state index contributed by atoms with van der Waals surface area (Å²) in [4.78, 5) is 33.1. The average Bonchev–Trinajstić information content (AvgIpc) is 3.45. The first-order valence-electron chi connectivity index (χ1n) is 11.2. The summed E-state index contributed by atoms with van der Waals surface area (Å²) < 4.78 is 1.68. The Morgan fingerprint density at radius 1 is 1.03 bits per heavy atom. The van der Waals surface area contributed by atoms with Gasteiger partial charge in [-0.25, -0.2) is 4.98 Å². The smallest absolute Gasteiger partial charge is 0.267 e. The molecular weight excluding hydrogens is 450 g/mol. The molecule has 0 saturated carbocycles. The summed E-state index contributed by atoms with van der Waals surface area (Å²) in [5.74, 6) is 1.58. The lowest BCUT2D eigenvalue weighted by Crippen LogP contribution is -2.35. The number of halogens is 1. The van der Waals surface area contributed by atoms with E-state index in [1.165, 1.54) is 0 Å². The summed E-state index contributed by atoms with van der Waals surface area (Å²) in [7, 11) is 0. The molecule has 3 N–H and O–H groups in total. The lowest BCUT2D eigenvalue weighted by atomic mass is 10.1. The zero-order chi connectivity index (χ0) is 23.4. The Hall–Kier alpha value is -3.91. The molecule has 5 aromatic rings. The van der Waals surface area contributed by atoms with Gasteiger partial charge in [-0.2, -0.15) is 9.97 Å². The Labute approximate surface area is 200 Å². The van der Waals surface area contributed by atoms with E-state index >= 15 is 0 Å². The molecule has 2 atom stereocenters. The van der Waals surface area contributed by atoms with Crippen LogP contribution in [0.2, 0.25) is 5.02 Å². The second kappa shape index (κ2) is 7.85. The van der Waals surface area contributed by atoms with Crippen LogP contribution in [0.1, 0.15) is 31.6 Å². The molecule has 1 fully saturated rings. The van der Waals surface area contributed by atoms with Crippen LogP contribution in [0.4, 0.5) is 11.8 Å². The van der Waals surface area contributed by atoms with E-state index in [2.05, 4.69) is 26.8 Å². The fourth-order valence-electron chi connectivity index (χ4n) is 4.99. The lowest BCUT2D eigenvalue weighted by Gasteiger charge is -2.31.